The lowest BCUT2D eigenvalue weighted by Gasteiger charge is -2.02. The molecule has 19 heavy (non-hydrogen) atoms. The standard InChI is InChI=1S/C14H15BrN2OS/c1-2-7-17-9-11(8-16-17)13(18)10-19-14-6-4-3-5-12(14)15/h3-6,8-9H,2,7,10H2,1H3. The highest BCUT2D eigenvalue weighted by atomic mass is 79.9. The predicted molar refractivity (Wildman–Crippen MR) is 81.7 cm³/mol. The van der Waals surface area contributed by atoms with E-state index in [-0.39, 0.29) is 5.78 Å². The van der Waals surface area contributed by atoms with Gasteiger partial charge in [-0.15, -0.1) is 11.8 Å². The minimum absolute atomic E-state index is 0.114. The minimum atomic E-state index is 0.114. The van der Waals surface area contributed by atoms with Gasteiger partial charge in [-0.3, -0.25) is 9.48 Å². The molecule has 0 bridgehead atoms. The Morgan fingerprint density at radius 1 is 1.42 bits per heavy atom. The van der Waals surface area contributed by atoms with Gasteiger partial charge in [0, 0.05) is 22.1 Å². The van der Waals surface area contributed by atoms with Crippen LogP contribution in [0, 0.1) is 0 Å². The summed E-state index contributed by atoms with van der Waals surface area (Å²) in [5.41, 5.74) is 0.688. The van der Waals surface area contributed by atoms with Gasteiger partial charge in [0.2, 0.25) is 0 Å². The average Bonchev–Trinajstić information content (AvgIpc) is 2.87. The van der Waals surface area contributed by atoms with Crippen molar-refractivity contribution >= 4 is 33.5 Å². The Bertz CT molecular complexity index is 568. The van der Waals surface area contributed by atoms with Gasteiger partial charge >= 0.3 is 0 Å². The van der Waals surface area contributed by atoms with Crippen molar-refractivity contribution in [3.05, 3.63) is 46.7 Å². The molecule has 0 aliphatic heterocycles. The molecule has 0 amide bonds. The molecule has 2 aromatic rings. The second-order valence-electron chi connectivity index (χ2n) is 4.13. The number of ketones is 1. The highest BCUT2D eigenvalue weighted by Gasteiger charge is 2.10. The molecule has 0 radical (unpaired) electrons. The van der Waals surface area contributed by atoms with E-state index in [1.54, 1.807) is 6.20 Å². The van der Waals surface area contributed by atoms with Crippen LogP contribution in [-0.2, 0) is 6.54 Å². The molecular weight excluding hydrogens is 324 g/mol. The number of aryl methyl sites for hydroxylation is 1. The molecule has 0 fully saturated rings. The number of aromatic nitrogens is 2. The molecule has 0 atom stereocenters. The summed E-state index contributed by atoms with van der Waals surface area (Å²) in [5.74, 6) is 0.545. The number of rotatable bonds is 6. The third-order valence-corrected chi connectivity index (χ3v) is 4.63. The molecule has 0 aliphatic carbocycles. The van der Waals surface area contributed by atoms with Crippen LogP contribution < -0.4 is 0 Å². The number of thioether (sulfide) groups is 1. The molecule has 0 N–H and O–H groups in total. The number of hydrogen-bond acceptors (Lipinski definition) is 3. The van der Waals surface area contributed by atoms with Crippen molar-refractivity contribution in [1.29, 1.82) is 0 Å². The molecule has 3 nitrogen and oxygen atoms in total. The normalized spacial score (nSPS) is 10.6. The van der Waals surface area contributed by atoms with Crippen molar-refractivity contribution in [2.75, 3.05) is 5.75 Å². The Hall–Kier alpha value is -1.07. The first kappa shape index (κ1) is 14.3. The quantitative estimate of drug-likeness (QED) is 0.589. The van der Waals surface area contributed by atoms with Gasteiger partial charge in [0.25, 0.3) is 0 Å². The fourth-order valence-corrected chi connectivity index (χ4v) is 3.11. The molecular formula is C14H15BrN2OS. The van der Waals surface area contributed by atoms with Crippen LogP contribution in [0.4, 0.5) is 0 Å². The third kappa shape index (κ3) is 3.94. The Balaban J connectivity index is 1.95. The predicted octanol–water partition coefficient (Wildman–Crippen LogP) is 4.03. The zero-order valence-corrected chi connectivity index (χ0v) is 13.1. The van der Waals surface area contributed by atoms with Gasteiger partial charge in [0.05, 0.1) is 17.5 Å². The van der Waals surface area contributed by atoms with Crippen LogP contribution in [0.15, 0.2) is 46.0 Å². The third-order valence-electron chi connectivity index (χ3n) is 2.60. The fraction of sp³-hybridized carbons (Fsp3) is 0.286. The van der Waals surface area contributed by atoms with E-state index >= 15 is 0 Å². The van der Waals surface area contributed by atoms with Crippen LogP contribution in [-0.4, -0.2) is 21.3 Å². The molecule has 0 aliphatic rings. The number of carbonyl (C=O) groups is 1. The lowest BCUT2D eigenvalue weighted by Crippen LogP contribution is -2.01. The van der Waals surface area contributed by atoms with Gasteiger partial charge in [0.15, 0.2) is 5.78 Å². The largest absolute Gasteiger partial charge is 0.293 e. The molecule has 1 aromatic carbocycles. The summed E-state index contributed by atoms with van der Waals surface area (Å²) in [4.78, 5) is 13.1. The van der Waals surface area contributed by atoms with E-state index in [4.69, 9.17) is 0 Å². The van der Waals surface area contributed by atoms with Crippen molar-refractivity contribution in [2.24, 2.45) is 0 Å². The van der Waals surface area contributed by atoms with Crippen LogP contribution in [0.2, 0.25) is 0 Å². The second kappa shape index (κ2) is 6.91. The van der Waals surface area contributed by atoms with E-state index in [0.29, 0.717) is 11.3 Å². The van der Waals surface area contributed by atoms with Crippen molar-refractivity contribution in [1.82, 2.24) is 9.78 Å². The van der Waals surface area contributed by atoms with E-state index in [1.165, 1.54) is 11.8 Å². The summed E-state index contributed by atoms with van der Waals surface area (Å²) in [6.07, 6.45) is 4.49. The molecule has 0 saturated heterocycles. The first-order valence-electron chi connectivity index (χ1n) is 6.13. The van der Waals surface area contributed by atoms with Gasteiger partial charge < -0.3 is 0 Å². The maximum atomic E-state index is 12.1. The molecule has 1 aromatic heterocycles. The van der Waals surface area contributed by atoms with Gasteiger partial charge in [-0.25, -0.2) is 0 Å². The van der Waals surface area contributed by atoms with E-state index in [9.17, 15) is 4.79 Å². The maximum absolute atomic E-state index is 12.1. The molecule has 100 valence electrons. The van der Waals surface area contributed by atoms with Crippen molar-refractivity contribution < 1.29 is 4.79 Å². The zero-order valence-electron chi connectivity index (χ0n) is 10.7. The number of carbonyl (C=O) groups excluding carboxylic acids is 1. The molecule has 0 saturated carbocycles. The Morgan fingerprint density at radius 3 is 2.95 bits per heavy atom. The zero-order chi connectivity index (χ0) is 13.7. The van der Waals surface area contributed by atoms with Crippen molar-refractivity contribution in [2.45, 2.75) is 24.8 Å². The highest BCUT2D eigenvalue weighted by molar-refractivity contribution is 9.10. The average molecular weight is 339 g/mol. The van der Waals surface area contributed by atoms with Gasteiger partial charge in [-0.2, -0.15) is 5.10 Å². The number of halogens is 1. The summed E-state index contributed by atoms with van der Waals surface area (Å²) in [6.45, 7) is 2.94. The summed E-state index contributed by atoms with van der Waals surface area (Å²) in [6, 6.07) is 7.91. The maximum Gasteiger partial charge on any atom is 0.176 e. The van der Waals surface area contributed by atoms with Gasteiger partial charge in [-0.05, 0) is 34.5 Å². The molecule has 5 heteroatoms. The van der Waals surface area contributed by atoms with Crippen LogP contribution >= 0.6 is 27.7 Å². The smallest absolute Gasteiger partial charge is 0.176 e. The second-order valence-corrected chi connectivity index (χ2v) is 6.01. The number of nitrogens with zero attached hydrogens (tertiary/aromatic N) is 2. The van der Waals surface area contributed by atoms with Crippen molar-refractivity contribution in [3.8, 4) is 0 Å². The number of benzene rings is 1. The van der Waals surface area contributed by atoms with Crippen LogP contribution in [0.5, 0.6) is 0 Å². The SMILES string of the molecule is CCCn1cc(C(=O)CSc2ccccc2Br)cn1. The molecule has 0 spiro atoms. The summed E-state index contributed by atoms with van der Waals surface area (Å²) in [7, 11) is 0. The highest BCUT2D eigenvalue weighted by Crippen LogP contribution is 2.27. The Kier molecular flexibility index (Phi) is 5.22. The first-order chi connectivity index (χ1) is 9.20. The fourth-order valence-electron chi connectivity index (χ4n) is 1.65. The summed E-state index contributed by atoms with van der Waals surface area (Å²) < 4.78 is 2.84. The van der Waals surface area contributed by atoms with Crippen molar-refractivity contribution in [3.63, 3.8) is 0 Å². The van der Waals surface area contributed by atoms with Crippen LogP contribution in [0.25, 0.3) is 0 Å². The van der Waals surface area contributed by atoms with E-state index in [2.05, 4.69) is 28.0 Å². The minimum Gasteiger partial charge on any atom is -0.293 e. The lowest BCUT2D eigenvalue weighted by atomic mass is 10.3. The summed E-state index contributed by atoms with van der Waals surface area (Å²) in [5, 5.41) is 4.18. The monoisotopic (exact) mass is 338 g/mol. The van der Waals surface area contributed by atoms with Crippen LogP contribution in [0.1, 0.15) is 23.7 Å². The number of Topliss-reactive ketones (excluding diaryl/α,β-unsaturated/α-hetero) is 1. The molecule has 0 unspecified atom stereocenters. The van der Waals surface area contributed by atoms with Crippen LogP contribution in [0.3, 0.4) is 0 Å². The molecule has 2 rings (SSSR count). The van der Waals surface area contributed by atoms with E-state index in [0.717, 1.165) is 22.3 Å². The number of hydrogen-bond donors (Lipinski definition) is 0. The summed E-state index contributed by atoms with van der Waals surface area (Å²) >= 11 is 5.02. The van der Waals surface area contributed by atoms with Gasteiger partial charge in [0.1, 0.15) is 0 Å². The Morgan fingerprint density at radius 2 is 2.21 bits per heavy atom. The topological polar surface area (TPSA) is 34.9 Å². The Labute approximate surface area is 125 Å². The van der Waals surface area contributed by atoms with E-state index < -0.39 is 0 Å². The first-order valence-corrected chi connectivity index (χ1v) is 7.91. The molecule has 1 heterocycles. The lowest BCUT2D eigenvalue weighted by molar-refractivity contribution is 0.102. The van der Waals surface area contributed by atoms with E-state index in [1.807, 2.05) is 35.1 Å². The van der Waals surface area contributed by atoms with Gasteiger partial charge in [-0.1, -0.05) is 19.1 Å².